The Balaban J connectivity index is 3.84. The van der Waals surface area contributed by atoms with E-state index < -0.39 is 26.5 Å². The van der Waals surface area contributed by atoms with Crippen molar-refractivity contribution in [3.63, 3.8) is 0 Å². The third-order valence-corrected chi connectivity index (χ3v) is 16.3. The van der Waals surface area contributed by atoms with Crippen molar-refractivity contribution in [2.24, 2.45) is 5.73 Å². The van der Waals surface area contributed by atoms with E-state index >= 15 is 0 Å². The lowest BCUT2D eigenvalue weighted by molar-refractivity contribution is -0.161. The maximum Gasteiger partial charge on any atom is 0.472 e. The van der Waals surface area contributed by atoms with Crippen LogP contribution in [-0.4, -0.2) is 49.3 Å². The number of phosphoric ester groups is 1. The summed E-state index contributed by atoms with van der Waals surface area (Å²) in [5.74, 6) is -0.811. The summed E-state index contributed by atoms with van der Waals surface area (Å²) in [5.41, 5.74) is 5.40. The molecular formula is C73H132NO8P. The van der Waals surface area contributed by atoms with E-state index in [1.165, 1.54) is 218 Å². The van der Waals surface area contributed by atoms with Crippen LogP contribution in [0.15, 0.2) is 85.1 Å². The Morgan fingerprint density at radius 3 is 0.988 bits per heavy atom. The molecule has 0 saturated carbocycles. The minimum Gasteiger partial charge on any atom is -0.462 e. The first-order valence-electron chi connectivity index (χ1n) is 35.1. The Hall–Kier alpha value is -2.81. The van der Waals surface area contributed by atoms with E-state index in [1.807, 2.05) is 0 Å². The fraction of sp³-hybridized carbons (Fsp3) is 0.781. The molecule has 0 aromatic rings. The number of rotatable bonds is 66. The fourth-order valence-electron chi connectivity index (χ4n) is 10.2. The number of phosphoric acid groups is 1. The van der Waals surface area contributed by atoms with Crippen molar-refractivity contribution < 1.29 is 37.6 Å². The van der Waals surface area contributed by atoms with Crippen LogP contribution in [0.25, 0.3) is 0 Å². The summed E-state index contributed by atoms with van der Waals surface area (Å²) in [5, 5.41) is 0. The Morgan fingerprint density at radius 2 is 0.663 bits per heavy atom. The van der Waals surface area contributed by atoms with Crippen molar-refractivity contribution in [2.45, 2.75) is 341 Å². The molecule has 0 aromatic carbocycles. The highest BCUT2D eigenvalue weighted by atomic mass is 31.2. The smallest absolute Gasteiger partial charge is 0.462 e. The highest BCUT2D eigenvalue weighted by Crippen LogP contribution is 2.43. The summed E-state index contributed by atoms with van der Waals surface area (Å²) < 4.78 is 33.2. The van der Waals surface area contributed by atoms with Crippen molar-refractivity contribution in [3.8, 4) is 0 Å². The molecule has 0 fully saturated rings. The molecule has 0 aliphatic rings. The first-order chi connectivity index (χ1) is 40.8. The first kappa shape index (κ1) is 80.2. The number of carbonyl (C=O) groups excluding carboxylic acids is 2. The lowest BCUT2D eigenvalue weighted by atomic mass is 10.0. The molecule has 0 aliphatic carbocycles. The average Bonchev–Trinajstić information content (AvgIpc) is 3.48. The lowest BCUT2D eigenvalue weighted by Crippen LogP contribution is -2.29. The second kappa shape index (κ2) is 68.3. The molecule has 482 valence electrons. The van der Waals surface area contributed by atoms with Crippen LogP contribution in [0.2, 0.25) is 0 Å². The van der Waals surface area contributed by atoms with Gasteiger partial charge in [0, 0.05) is 19.4 Å². The molecule has 9 nitrogen and oxygen atoms in total. The topological polar surface area (TPSA) is 134 Å². The Kier molecular flexibility index (Phi) is 66.0. The van der Waals surface area contributed by atoms with E-state index in [0.29, 0.717) is 6.42 Å². The number of hydrogen-bond acceptors (Lipinski definition) is 8. The van der Waals surface area contributed by atoms with Crippen molar-refractivity contribution in [1.82, 2.24) is 0 Å². The number of carbonyl (C=O) groups is 2. The van der Waals surface area contributed by atoms with Crippen molar-refractivity contribution >= 4 is 19.8 Å². The molecule has 0 amide bonds. The predicted molar refractivity (Wildman–Crippen MR) is 358 cm³/mol. The van der Waals surface area contributed by atoms with E-state index in [9.17, 15) is 19.0 Å². The van der Waals surface area contributed by atoms with Gasteiger partial charge in [-0.2, -0.15) is 0 Å². The van der Waals surface area contributed by atoms with Crippen LogP contribution < -0.4 is 5.73 Å². The maximum atomic E-state index is 12.8. The molecule has 0 aromatic heterocycles. The Bertz CT molecular complexity index is 1640. The van der Waals surface area contributed by atoms with Gasteiger partial charge >= 0.3 is 19.8 Å². The summed E-state index contributed by atoms with van der Waals surface area (Å²) in [4.78, 5) is 35.3. The quantitative estimate of drug-likeness (QED) is 0.0264. The van der Waals surface area contributed by atoms with Gasteiger partial charge in [0.15, 0.2) is 6.10 Å². The van der Waals surface area contributed by atoms with Crippen LogP contribution >= 0.6 is 7.82 Å². The van der Waals surface area contributed by atoms with Crippen molar-refractivity contribution in [3.05, 3.63) is 85.1 Å². The van der Waals surface area contributed by atoms with Gasteiger partial charge in [0.25, 0.3) is 0 Å². The number of unbranched alkanes of at least 4 members (excludes halogenated alkanes) is 39. The van der Waals surface area contributed by atoms with Crippen LogP contribution in [0.3, 0.4) is 0 Å². The van der Waals surface area contributed by atoms with E-state index in [1.54, 1.807) is 0 Å². The molecule has 0 saturated heterocycles. The SMILES string of the molecule is CC/C=C\C/C=C\C/C=C\C/C=C\C/C=C\C/C=C\C/C=C\CCCCCCCCCCCCCCCCCCCC(=O)OC(COC(=O)CCCCCCCCCCCCCCCCCCCCCCCCC)COP(=O)(O)OCCN. The minimum atomic E-state index is -4.39. The number of nitrogens with two attached hydrogens (primary N) is 1. The normalized spacial score (nSPS) is 13.4. The largest absolute Gasteiger partial charge is 0.472 e. The van der Waals surface area contributed by atoms with E-state index in [-0.39, 0.29) is 38.6 Å². The number of hydrogen-bond donors (Lipinski definition) is 2. The van der Waals surface area contributed by atoms with Gasteiger partial charge in [-0.3, -0.25) is 18.6 Å². The molecule has 0 radical (unpaired) electrons. The number of allylic oxidation sites excluding steroid dienone is 14. The molecule has 0 aliphatic heterocycles. The van der Waals surface area contributed by atoms with Gasteiger partial charge in [-0.05, 0) is 70.6 Å². The van der Waals surface area contributed by atoms with Crippen LogP contribution in [-0.2, 0) is 32.7 Å². The molecule has 2 unspecified atom stereocenters. The third kappa shape index (κ3) is 68.2. The molecule has 2 atom stereocenters. The maximum absolute atomic E-state index is 12.8. The summed E-state index contributed by atoms with van der Waals surface area (Å²) in [6, 6.07) is 0. The second-order valence-electron chi connectivity index (χ2n) is 23.4. The molecule has 0 heterocycles. The van der Waals surface area contributed by atoms with Crippen LogP contribution in [0, 0.1) is 0 Å². The zero-order valence-corrected chi connectivity index (χ0v) is 55.1. The summed E-state index contributed by atoms with van der Waals surface area (Å²) in [6.45, 7) is 3.68. The zero-order chi connectivity index (χ0) is 60.1. The van der Waals surface area contributed by atoms with Crippen molar-refractivity contribution in [1.29, 1.82) is 0 Å². The van der Waals surface area contributed by atoms with E-state index in [0.717, 1.165) is 83.5 Å². The number of esters is 2. The third-order valence-electron chi connectivity index (χ3n) is 15.3. The minimum absolute atomic E-state index is 0.0538. The molecule has 0 spiro atoms. The summed E-state index contributed by atoms with van der Waals surface area (Å²) in [7, 11) is -4.39. The second-order valence-corrected chi connectivity index (χ2v) is 24.8. The molecule has 10 heteroatoms. The molecule has 83 heavy (non-hydrogen) atoms. The average molecular weight is 1180 g/mol. The molecular weight excluding hydrogens is 1050 g/mol. The van der Waals surface area contributed by atoms with Crippen LogP contribution in [0.5, 0.6) is 0 Å². The highest BCUT2D eigenvalue weighted by molar-refractivity contribution is 7.47. The summed E-state index contributed by atoms with van der Waals surface area (Å²) >= 11 is 0. The monoisotopic (exact) mass is 1180 g/mol. The lowest BCUT2D eigenvalue weighted by Gasteiger charge is -2.19. The van der Waals surface area contributed by atoms with E-state index in [2.05, 4.69) is 98.9 Å². The van der Waals surface area contributed by atoms with Gasteiger partial charge in [0.1, 0.15) is 6.61 Å². The van der Waals surface area contributed by atoms with Crippen LogP contribution in [0.4, 0.5) is 0 Å². The zero-order valence-electron chi connectivity index (χ0n) is 54.2. The highest BCUT2D eigenvalue weighted by Gasteiger charge is 2.26. The number of ether oxygens (including phenoxy) is 2. The van der Waals surface area contributed by atoms with Crippen LogP contribution in [0.1, 0.15) is 335 Å². The molecule has 3 N–H and O–H groups in total. The summed E-state index contributed by atoms with van der Waals surface area (Å²) in [6.07, 6.45) is 91.1. The standard InChI is InChI=1S/C73H132NO8P/c1-3-5-7-9-11-13-15-17-19-21-23-25-27-28-29-30-31-32-33-34-35-36-37-38-39-40-41-42-44-46-48-50-52-54-56-58-60-62-64-66-73(76)82-71(70-81-83(77,78)80-68-67-74)69-79-72(75)65-63-61-59-57-55-53-51-49-47-45-43-26-24-22-20-18-16-14-12-10-8-6-4-2/h5,7,11,13,17,19,23,25,28-29,31-32,34-35,71H,3-4,6,8-10,12,14-16,18,20-22,24,26-27,30,33,36-70,74H2,1-2H3,(H,77,78)/b7-5-,13-11-,19-17-,25-23-,29-28-,32-31-,35-34-. The van der Waals surface area contributed by atoms with E-state index in [4.69, 9.17) is 24.3 Å². The molecule has 0 bridgehead atoms. The van der Waals surface area contributed by atoms with Gasteiger partial charge in [-0.25, -0.2) is 4.57 Å². The van der Waals surface area contributed by atoms with Gasteiger partial charge in [0.2, 0.25) is 0 Å². The Labute approximate surface area is 513 Å². The van der Waals surface area contributed by atoms with Gasteiger partial charge in [-0.1, -0.05) is 336 Å². The van der Waals surface area contributed by atoms with Crippen molar-refractivity contribution in [2.75, 3.05) is 26.4 Å². The fourth-order valence-corrected chi connectivity index (χ4v) is 10.9. The Morgan fingerprint density at radius 1 is 0.373 bits per heavy atom. The molecule has 0 rings (SSSR count). The van der Waals surface area contributed by atoms with Gasteiger partial charge < -0.3 is 20.1 Å². The van der Waals surface area contributed by atoms with Gasteiger partial charge in [-0.15, -0.1) is 0 Å². The first-order valence-corrected chi connectivity index (χ1v) is 36.6. The van der Waals surface area contributed by atoms with Gasteiger partial charge in [0.05, 0.1) is 13.2 Å². The predicted octanol–water partition coefficient (Wildman–Crippen LogP) is 23.0.